The molecule has 0 rings (SSSR count). The van der Waals surface area contributed by atoms with Crippen molar-refractivity contribution in [3.63, 3.8) is 0 Å². The number of rotatable bonds is 8. The van der Waals surface area contributed by atoms with E-state index >= 15 is 0 Å². The fraction of sp³-hybridized carbons (Fsp3) is 0.545. The summed E-state index contributed by atoms with van der Waals surface area (Å²) in [6.07, 6.45) is 2.40. The van der Waals surface area contributed by atoms with Gasteiger partial charge in [0.2, 0.25) is 0 Å². The summed E-state index contributed by atoms with van der Waals surface area (Å²) >= 11 is 0. The van der Waals surface area contributed by atoms with Crippen LogP contribution < -0.4 is 0 Å². The van der Waals surface area contributed by atoms with Crippen molar-refractivity contribution in [3.8, 4) is 0 Å². The van der Waals surface area contributed by atoms with Crippen LogP contribution in [0.25, 0.3) is 0 Å². The molecule has 0 saturated carbocycles. The molecule has 6 heteroatoms. The summed E-state index contributed by atoms with van der Waals surface area (Å²) in [4.78, 5) is 9.25. The summed E-state index contributed by atoms with van der Waals surface area (Å²) in [7, 11) is 0. The predicted molar refractivity (Wildman–Crippen MR) is 62.5 cm³/mol. The number of hydrogen-bond acceptors (Lipinski definition) is 5. The summed E-state index contributed by atoms with van der Waals surface area (Å²) in [5.41, 5.74) is -0.928. The Bertz CT molecular complexity index is 214. The van der Waals surface area contributed by atoms with Gasteiger partial charge in [-0.2, -0.15) is 0 Å². The molecule has 4 N–H and O–H groups in total. The first-order valence-corrected chi connectivity index (χ1v) is 4.88. The Kier molecular flexibility index (Phi) is 12.1. The first kappa shape index (κ1) is 18.2. The fourth-order valence-electron chi connectivity index (χ4n) is 0.646. The molecule has 0 bridgehead atoms. The molecule has 0 aromatic carbocycles. The molecular weight excluding hydrogens is 228 g/mol. The van der Waals surface area contributed by atoms with E-state index in [1.807, 2.05) is 0 Å². The third-order valence-electron chi connectivity index (χ3n) is 1.82. The van der Waals surface area contributed by atoms with Crippen LogP contribution in [0.4, 0.5) is 0 Å². The first-order chi connectivity index (χ1) is 8.01. The molecule has 0 aliphatic rings. The molecule has 0 aliphatic carbocycles. The molecule has 100 valence electrons. The second-order valence-corrected chi connectivity index (χ2v) is 3.32. The minimum atomic E-state index is -0.981. The van der Waals surface area contributed by atoms with Gasteiger partial charge in [0.25, 0.3) is 0 Å². The molecule has 0 radical (unpaired) electrons. The molecule has 0 fully saturated rings. The van der Waals surface area contributed by atoms with E-state index in [1.165, 1.54) is 0 Å². The van der Waals surface area contributed by atoms with Crippen molar-refractivity contribution in [2.45, 2.75) is 0 Å². The Morgan fingerprint density at radius 2 is 1.59 bits per heavy atom. The Labute approximate surface area is 100 Å². The van der Waals surface area contributed by atoms with Crippen LogP contribution in [0.3, 0.4) is 0 Å². The number of carbonyl (C=O) groups is 1. The van der Waals surface area contributed by atoms with Crippen LogP contribution in [0.1, 0.15) is 0 Å². The third-order valence-corrected chi connectivity index (χ3v) is 1.82. The van der Waals surface area contributed by atoms with E-state index in [0.717, 1.165) is 6.08 Å². The second kappa shape index (κ2) is 11.3. The highest BCUT2D eigenvalue weighted by molar-refractivity contribution is 5.78. The van der Waals surface area contributed by atoms with Gasteiger partial charge in [-0.15, -0.1) is 6.58 Å². The molecule has 17 heavy (non-hydrogen) atoms. The first-order valence-electron chi connectivity index (χ1n) is 4.88. The number of aliphatic hydroxyl groups is 3. The Balaban J connectivity index is 0. The van der Waals surface area contributed by atoms with E-state index in [9.17, 15) is 4.79 Å². The van der Waals surface area contributed by atoms with Crippen LogP contribution in [0.5, 0.6) is 0 Å². The molecule has 0 unspecified atom stereocenters. The highest BCUT2D eigenvalue weighted by Crippen LogP contribution is 2.14. The molecule has 0 heterocycles. The van der Waals surface area contributed by atoms with E-state index in [-0.39, 0.29) is 26.4 Å². The van der Waals surface area contributed by atoms with E-state index in [1.54, 1.807) is 6.08 Å². The Hall–Kier alpha value is -1.21. The standard InChI is InChI=1S/C8H16O4.C3H4O2/c1-2-3-12-7-8(4-9,5-10)6-11;1-2-3(4)5/h2,9-11H,1,3-7H2;2H,1H2,(H,4,5). The summed E-state index contributed by atoms with van der Waals surface area (Å²) < 4.78 is 5.02. The van der Waals surface area contributed by atoms with Crippen molar-refractivity contribution >= 4 is 5.97 Å². The normalized spacial score (nSPS) is 10.1. The molecule has 0 atom stereocenters. The number of ether oxygens (including phenoxy) is 1. The number of carboxylic acid groups (broad SMARTS) is 1. The van der Waals surface area contributed by atoms with E-state index < -0.39 is 11.4 Å². The van der Waals surface area contributed by atoms with Crippen LogP contribution in [0.2, 0.25) is 0 Å². The van der Waals surface area contributed by atoms with Gasteiger partial charge in [-0.1, -0.05) is 12.7 Å². The summed E-state index contributed by atoms with van der Waals surface area (Å²) in [6, 6.07) is 0. The van der Waals surface area contributed by atoms with Crippen LogP contribution in [0, 0.1) is 5.41 Å². The highest BCUT2D eigenvalue weighted by Gasteiger charge is 2.28. The maximum absolute atomic E-state index is 9.25. The second-order valence-electron chi connectivity index (χ2n) is 3.32. The monoisotopic (exact) mass is 248 g/mol. The zero-order valence-corrected chi connectivity index (χ0v) is 9.71. The molecule has 0 spiro atoms. The van der Waals surface area contributed by atoms with Crippen molar-refractivity contribution in [1.29, 1.82) is 0 Å². The summed E-state index contributed by atoms with van der Waals surface area (Å²) in [6.45, 7) is 6.00. The zero-order valence-electron chi connectivity index (χ0n) is 9.71. The van der Waals surface area contributed by atoms with Crippen molar-refractivity contribution in [2.24, 2.45) is 5.41 Å². The van der Waals surface area contributed by atoms with E-state index in [4.69, 9.17) is 25.2 Å². The Morgan fingerprint density at radius 3 is 1.82 bits per heavy atom. The number of carboxylic acids is 1. The topological polar surface area (TPSA) is 107 Å². The summed E-state index contributed by atoms with van der Waals surface area (Å²) in [5, 5.41) is 34.2. The molecule has 0 amide bonds. The van der Waals surface area contributed by atoms with Gasteiger partial charge in [-0.05, 0) is 0 Å². The molecule has 6 nitrogen and oxygen atoms in total. The van der Waals surface area contributed by atoms with Gasteiger partial charge in [-0.25, -0.2) is 4.79 Å². The van der Waals surface area contributed by atoms with Gasteiger partial charge in [0, 0.05) is 6.08 Å². The van der Waals surface area contributed by atoms with E-state index in [0.29, 0.717) is 6.61 Å². The van der Waals surface area contributed by atoms with Gasteiger partial charge >= 0.3 is 5.97 Å². The SMILES string of the molecule is C=CC(=O)O.C=CCOCC(CO)(CO)CO. The van der Waals surface area contributed by atoms with Gasteiger partial charge in [-0.3, -0.25) is 0 Å². The van der Waals surface area contributed by atoms with Crippen LogP contribution in [0.15, 0.2) is 25.3 Å². The molecule has 0 aliphatic heterocycles. The molecule has 0 aromatic rings. The van der Waals surface area contributed by atoms with Crippen LogP contribution in [-0.2, 0) is 9.53 Å². The van der Waals surface area contributed by atoms with Crippen molar-refractivity contribution in [1.82, 2.24) is 0 Å². The van der Waals surface area contributed by atoms with Gasteiger partial charge in [0.15, 0.2) is 0 Å². The van der Waals surface area contributed by atoms with Crippen molar-refractivity contribution in [3.05, 3.63) is 25.3 Å². The third kappa shape index (κ3) is 9.70. The fourth-order valence-corrected chi connectivity index (χ4v) is 0.646. The van der Waals surface area contributed by atoms with Crippen LogP contribution >= 0.6 is 0 Å². The number of aliphatic hydroxyl groups excluding tert-OH is 3. The maximum Gasteiger partial charge on any atom is 0.327 e. The number of hydrogen-bond donors (Lipinski definition) is 4. The summed E-state index contributed by atoms with van der Waals surface area (Å²) in [5.74, 6) is -0.981. The average Bonchev–Trinajstić information content (AvgIpc) is 2.36. The van der Waals surface area contributed by atoms with E-state index in [2.05, 4.69) is 13.2 Å². The van der Waals surface area contributed by atoms with Gasteiger partial charge < -0.3 is 25.2 Å². The van der Waals surface area contributed by atoms with Gasteiger partial charge in [0.05, 0.1) is 38.4 Å². The molecule has 0 aromatic heterocycles. The van der Waals surface area contributed by atoms with Crippen molar-refractivity contribution < 1.29 is 30.0 Å². The lowest BCUT2D eigenvalue weighted by Gasteiger charge is -2.26. The lowest BCUT2D eigenvalue weighted by atomic mass is 9.93. The smallest absolute Gasteiger partial charge is 0.327 e. The minimum Gasteiger partial charge on any atom is -0.478 e. The largest absolute Gasteiger partial charge is 0.478 e. The van der Waals surface area contributed by atoms with Crippen LogP contribution in [-0.4, -0.2) is 59.4 Å². The maximum atomic E-state index is 9.25. The predicted octanol–water partition coefficient (Wildman–Crippen LogP) is -0.591. The zero-order chi connectivity index (χ0) is 13.7. The average molecular weight is 248 g/mol. The quantitative estimate of drug-likeness (QED) is 0.260. The minimum absolute atomic E-state index is 0.127. The van der Waals surface area contributed by atoms with Crippen molar-refractivity contribution in [2.75, 3.05) is 33.0 Å². The Morgan fingerprint density at radius 1 is 1.18 bits per heavy atom. The molecular formula is C11H20O6. The number of aliphatic carboxylic acids is 1. The molecule has 0 saturated heterocycles. The van der Waals surface area contributed by atoms with Gasteiger partial charge in [0.1, 0.15) is 0 Å². The highest BCUT2D eigenvalue weighted by atomic mass is 16.5. The lowest BCUT2D eigenvalue weighted by molar-refractivity contribution is -0.131. The lowest BCUT2D eigenvalue weighted by Crippen LogP contribution is -2.38.